The minimum absolute atomic E-state index is 0.659. The van der Waals surface area contributed by atoms with Gasteiger partial charge in [-0.05, 0) is 81.6 Å². The van der Waals surface area contributed by atoms with E-state index in [1.165, 1.54) is 52.8 Å². The summed E-state index contributed by atoms with van der Waals surface area (Å²) in [6.07, 6.45) is 0. The van der Waals surface area contributed by atoms with E-state index in [0.717, 1.165) is 44.3 Å². The third kappa shape index (κ3) is 4.51. The molecule has 3 aromatic heterocycles. The number of hydrogen-bond acceptors (Lipinski definition) is 3. The molecule has 0 atom stereocenters. The summed E-state index contributed by atoms with van der Waals surface area (Å²) in [5.74, 6) is 0.659. The highest BCUT2D eigenvalue weighted by Gasteiger charge is 2.21. The second-order valence-corrected chi connectivity index (χ2v) is 14.5. The normalized spacial score (nSPS) is 11.8. The first-order valence-corrected chi connectivity index (χ1v) is 18.4. The van der Waals surface area contributed by atoms with E-state index in [-0.39, 0.29) is 0 Å². The third-order valence-corrected chi connectivity index (χ3v) is 11.5. The first-order chi connectivity index (χ1) is 25.8. The second kappa shape index (κ2) is 11.5. The quantitative estimate of drug-likeness (QED) is 0.185. The lowest BCUT2D eigenvalue weighted by Gasteiger charge is -2.14. The molecule has 0 fully saturated rings. The van der Waals surface area contributed by atoms with Crippen LogP contribution in [-0.2, 0) is 0 Å². The van der Waals surface area contributed by atoms with Crippen LogP contribution in [0, 0.1) is 0 Å². The molecule has 11 aromatic rings. The minimum atomic E-state index is 0.659. The van der Waals surface area contributed by atoms with Gasteiger partial charge in [0.2, 0.25) is 5.95 Å². The van der Waals surface area contributed by atoms with Gasteiger partial charge in [-0.1, -0.05) is 127 Å². The Kier molecular flexibility index (Phi) is 6.42. The van der Waals surface area contributed by atoms with Gasteiger partial charge >= 0.3 is 0 Å². The summed E-state index contributed by atoms with van der Waals surface area (Å²) < 4.78 is 4.80. The van der Waals surface area contributed by atoms with Crippen molar-refractivity contribution in [2.75, 3.05) is 0 Å². The summed E-state index contributed by atoms with van der Waals surface area (Å²) in [7, 11) is 0. The van der Waals surface area contributed by atoms with E-state index in [4.69, 9.17) is 9.97 Å². The number of benzene rings is 8. The lowest BCUT2D eigenvalue weighted by molar-refractivity contribution is 1.01. The first kappa shape index (κ1) is 29.1. The highest BCUT2D eigenvalue weighted by Crippen LogP contribution is 2.43. The van der Waals surface area contributed by atoms with E-state index >= 15 is 0 Å². The summed E-state index contributed by atoms with van der Waals surface area (Å²) in [5.41, 5.74) is 9.80. The predicted octanol–water partition coefficient (Wildman–Crippen LogP) is 13.2. The molecule has 0 aliphatic carbocycles. The number of nitrogens with zero attached hydrogens (tertiary/aromatic N) is 3. The Hall–Kier alpha value is -6.62. The molecule has 0 aliphatic rings. The van der Waals surface area contributed by atoms with Crippen molar-refractivity contribution in [1.82, 2.24) is 14.5 Å². The lowest BCUT2D eigenvalue weighted by atomic mass is 9.98. The fourth-order valence-electron chi connectivity index (χ4n) is 7.94. The number of hydrogen-bond donors (Lipinski definition) is 0. The topological polar surface area (TPSA) is 30.7 Å². The second-order valence-electron chi connectivity index (χ2n) is 13.4. The third-order valence-electron chi connectivity index (χ3n) is 10.4. The zero-order chi connectivity index (χ0) is 34.2. The van der Waals surface area contributed by atoms with E-state index < -0.39 is 0 Å². The van der Waals surface area contributed by atoms with Crippen molar-refractivity contribution in [2.24, 2.45) is 0 Å². The predicted molar refractivity (Wildman–Crippen MR) is 221 cm³/mol. The molecular formula is C48H29N3S. The highest BCUT2D eigenvalue weighted by atomic mass is 32.1. The Morgan fingerprint density at radius 1 is 0.404 bits per heavy atom. The summed E-state index contributed by atoms with van der Waals surface area (Å²) in [4.78, 5) is 11.0. The maximum Gasteiger partial charge on any atom is 0.235 e. The molecule has 0 N–H and O–H groups in total. The molecule has 0 radical (unpaired) electrons. The number of rotatable bonds is 4. The molecule has 0 spiro atoms. The maximum absolute atomic E-state index is 5.57. The van der Waals surface area contributed by atoms with Crippen molar-refractivity contribution >= 4 is 75.0 Å². The molecule has 4 heteroatoms. The van der Waals surface area contributed by atoms with Gasteiger partial charge in [0, 0.05) is 41.9 Å². The van der Waals surface area contributed by atoms with Crippen molar-refractivity contribution in [3.8, 4) is 39.5 Å². The van der Waals surface area contributed by atoms with Crippen molar-refractivity contribution in [3.05, 3.63) is 176 Å². The van der Waals surface area contributed by atoms with Crippen LogP contribution in [0.3, 0.4) is 0 Å². The SMILES string of the molecule is c1ccc(-c2ccc3c(-c4cccc5sc6ccccc6c45)nc(-n4c5ccc(-c6ccccc6)cc5c5cc6ccccc6cc54)nc3c2)cc1. The van der Waals surface area contributed by atoms with Crippen molar-refractivity contribution < 1.29 is 0 Å². The molecule has 0 amide bonds. The zero-order valence-corrected chi connectivity index (χ0v) is 28.8. The van der Waals surface area contributed by atoms with Crippen LogP contribution in [0.2, 0.25) is 0 Å². The first-order valence-electron chi connectivity index (χ1n) is 17.6. The fraction of sp³-hybridized carbons (Fsp3) is 0. The van der Waals surface area contributed by atoms with Gasteiger partial charge < -0.3 is 0 Å². The van der Waals surface area contributed by atoms with E-state index in [2.05, 4.69) is 180 Å². The van der Waals surface area contributed by atoms with Gasteiger partial charge in [0.15, 0.2) is 0 Å². The highest BCUT2D eigenvalue weighted by molar-refractivity contribution is 7.25. The van der Waals surface area contributed by atoms with E-state index in [1.807, 2.05) is 11.3 Å². The van der Waals surface area contributed by atoms with Crippen LogP contribution in [0.25, 0.3) is 103 Å². The standard InChI is InChI=1S/C48H29N3S/c1-3-12-30(13-4-1)34-23-25-42-39(27-34)40-26-32-16-7-8-17-33(32)29-43(40)51(42)48-49-41-28-35(31-14-5-2-6-15-31)22-24-36(41)47(50-48)38-19-11-21-45-46(38)37-18-9-10-20-44(37)52-45/h1-29H. The average molecular weight is 680 g/mol. The number of thiophene rings is 1. The molecule has 8 aromatic carbocycles. The maximum atomic E-state index is 5.57. The molecule has 3 heterocycles. The van der Waals surface area contributed by atoms with Crippen LogP contribution >= 0.6 is 11.3 Å². The molecule has 0 aliphatic heterocycles. The van der Waals surface area contributed by atoms with Crippen LogP contribution in [0.1, 0.15) is 0 Å². The van der Waals surface area contributed by atoms with Gasteiger partial charge in [-0.3, -0.25) is 4.57 Å². The monoisotopic (exact) mass is 679 g/mol. The Morgan fingerprint density at radius 2 is 1.06 bits per heavy atom. The van der Waals surface area contributed by atoms with Crippen LogP contribution in [0.5, 0.6) is 0 Å². The Labute approximate surface area is 303 Å². The Bertz CT molecular complexity index is 3180. The van der Waals surface area contributed by atoms with Crippen LogP contribution in [0.15, 0.2) is 176 Å². The largest absolute Gasteiger partial charge is 0.278 e. The Morgan fingerprint density at radius 3 is 1.87 bits per heavy atom. The van der Waals surface area contributed by atoms with Gasteiger partial charge in [0.25, 0.3) is 0 Å². The average Bonchev–Trinajstić information content (AvgIpc) is 3.75. The molecule has 0 bridgehead atoms. The molecule has 52 heavy (non-hydrogen) atoms. The van der Waals surface area contributed by atoms with Gasteiger partial charge in [-0.2, -0.15) is 0 Å². The van der Waals surface area contributed by atoms with E-state index in [0.29, 0.717) is 5.95 Å². The molecule has 11 rings (SSSR count). The molecule has 0 saturated carbocycles. The van der Waals surface area contributed by atoms with Crippen LogP contribution < -0.4 is 0 Å². The summed E-state index contributed by atoms with van der Waals surface area (Å²) in [6, 6.07) is 63.1. The summed E-state index contributed by atoms with van der Waals surface area (Å²) in [6.45, 7) is 0. The molecule has 0 unspecified atom stereocenters. The van der Waals surface area contributed by atoms with Crippen molar-refractivity contribution in [2.45, 2.75) is 0 Å². The Balaban J connectivity index is 1.26. The molecule has 242 valence electrons. The molecule has 3 nitrogen and oxygen atoms in total. The van der Waals surface area contributed by atoms with Crippen LogP contribution in [-0.4, -0.2) is 14.5 Å². The van der Waals surface area contributed by atoms with Gasteiger partial charge in [0.1, 0.15) is 0 Å². The lowest BCUT2D eigenvalue weighted by Crippen LogP contribution is -2.04. The van der Waals surface area contributed by atoms with Gasteiger partial charge in [-0.15, -0.1) is 11.3 Å². The molecular weight excluding hydrogens is 651 g/mol. The van der Waals surface area contributed by atoms with Gasteiger partial charge in [0.05, 0.1) is 22.2 Å². The van der Waals surface area contributed by atoms with Crippen LogP contribution in [0.4, 0.5) is 0 Å². The van der Waals surface area contributed by atoms with E-state index in [1.54, 1.807) is 0 Å². The minimum Gasteiger partial charge on any atom is -0.278 e. The van der Waals surface area contributed by atoms with Crippen molar-refractivity contribution in [3.63, 3.8) is 0 Å². The summed E-state index contributed by atoms with van der Waals surface area (Å²) >= 11 is 1.83. The van der Waals surface area contributed by atoms with Crippen molar-refractivity contribution in [1.29, 1.82) is 0 Å². The fourth-order valence-corrected chi connectivity index (χ4v) is 9.07. The van der Waals surface area contributed by atoms with Gasteiger partial charge in [-0.25, -0.2) is 9.97 Å². The number of fused-ring (bicyclic) bond motifs is 8. The molecule has 0 saturated heterocycles. The zero-order valence-electron chi connectivity index (χ0n) is 28.0. The smallest absolute Gasteiger partial charge is 0.235 e. The number of aromatic nitrogens is 3. The van der Waals surface area contributed by atoms with E-state index in [9.17, 15) is 0 Å². The summed E-state index contributed by atoms with van der Waals surface area (Å²) in [5, 5.41) is 8.28.